The van der Waals surface area contributed by atoms with E-state index in [1.807, 2.05) is 27.2 Å². The summed E-state index contributed by atoms with van der Waals surface area (Å²) in [7, 11) is 1.24. The molecule has 0 saturated heterocycles. The van der Waals surface area contributed by atoms with Gasteiger partial charge in [-0.25, -0.2) is 0 Å². The zero-order chi connectivity index (χ0) is 59.1. The lowest BCUT2D eigenvalue weighted by Gasteiger charge is -2.29. The molecule has 0 bridgehead atoms. The highest BCUT2D eigenvalue weighted by Crippen LogP contribution is 2.38. The number of carbonyl (C=O) groups is 1. The minimum Gasteiger partial charge on any atom is -0.756 e. The van der Waals surface area contributed by atoms with Gasteiger partial charge in [-0.05, 0) is 83.5 Å². The summed E-state index contributed by atoms with van der Waals surface area (Å²) < 4.78 is 23.4. The van der Waals surface area contributed by atoms with E-state index in [0.717, 1.165) is 109 Å². The number of phosphoric ester groups is 1. The molecule has 81 heavy (non-hydrogen) atoms. The second kappa shape index (κ2) is 61.7. The van der Waals surface area contributed by atoms with Gasteiger partial charge >= 0.3 is 0 Å². The van der Waals surface area contributed by atoms with Crippen LogP contribution in [0.1, 0.15) is 290 Å². The molecule has 3 unspecified atom stereocenters. The normalized spacial score (nSPS) is 14.4. The highest BCUT2D eigenvalue weighted by atomic mass is 31.2. The molecule has 0 rings (SSSR count). The Bertz CT molecular complexity index is 1690. The van der Waals surface area contributed by atoms with Crippen LogP contribution in [-0.4, -0.2) is 68.5 Å². The molecule has 0 aliphatic carbocycles. The van der Waals surface area contributed by atoms with Gasteiger partial charge in [-0.3, -0.25) is 9.36 Å². The second-order valence-electron chi connectivity index (χ2n) is 23.8. The number of nitrogens with one attached hydrogen (secondary N) is 1. The summed E-state index contributed by atoms with van der Waals surface area (Å²) in [6, 6.07) is -0.905. The van der Waals surface area contributed by atoms with Crippen molar-refractivity contribution < 1.29 is 32.9 Å². The maximum atomic E-state index is 13.0. The topological polar surface area (TPSA) is 108 Å². The van der Waals surface area contributed by atoms with Crippen LogP contribution in [0.5, 0.6) is 0 Å². The van der Waals surface area contributed by atoms with E-state index in [-0.39, 0.29) is 12.5 Å². The van der Waals surface area contributed by atoms with Gasteiger partial charge in [0.1, 0.15) is 13.2 Å². The molecular weight excluding hydrogens is 1020 g/mol. The molecule has 0 aromatic heterocycles. The first-order valence-corrected chi connectivity index (χ1v) is 35.2. The Labute approximate surface area is 501 Å². The molecule has 1 amide bonds. The van der Waals surface area contributed by atoms with Gasteiger partial charge < -0.3 is 28.8 Å². The maximum Gasteiger partial charge on any atom is 0.268 e. The van der Waals surface area contributed by atoms with Crippen molar-refractivity contribution in [3.63, 3.8) is 0 Å². The van der Waals surface area contributed by atoms with Crippen LogP contribution in [0, 0.1) is 0 Å². The van der Waals surface area contributed by atoms with Crippen molar-refractivity contribution in [1.82, 2.24) is 5.32 Å². The molecule has 0 aromatic rings. The van der Waals surface area contributed by atoms with Crippen LogP contribution in [0.4, 0.5) is 0 Å². The summed E-state index contributed by atoms with van der Waals surface area (Å²) >= 11 is 0. The number of amides is 1. The SMILES string of the molecule is CC/C=C\C/C=C\C/C=C\C/C=C\C/C=C\C/C=C\C/C=C\C/C=C\CCCCCCCCC(=O)NC(COP(=O)([O-])OCC[N+](C)(C)C)C(O)/C=C/CCCCCCCCCCCCCCCCCCCCCCCCCCCC. The Hall–Kier alpha value is -2.84. The van der Waals surface area contributed by atoms with Gasteiger partial charge in [0.2, 0.25) is 5.91 Å². The summed E-state index contributed by atoms with van der Waals surface area (Å²) in [6.45, 7) is 4.54. The molecule has 468 valence electrons. The van der Waals surface area contributed by atoms with E-state index in [2.05, 4.69) is 116 Å². The fourth-order valence-electron chi connectivity index (χ4n) is 9.52. The van der Waals surface area contributed by atoms with Gasteiger partial charge in [-0.1, -0.05) is 309 Å². The zero-order valence-corrected chi connectivity index (χ0v) is 54.4. The van der Waals surface area contributed by atoms with Crippen molar-refractivity contribution in [2.45, 2.75) is 302 Å². The largest absolute Gasteiger partial charge is 0.756 e. The van der Waals surface area contributed by atoms with Gasteiger partial charge in [0.05, 0.1) is 39.9 Å². The van der Waals surface area contributed by atoms with Crippen LogP contribution in [0.2, 0.25) is 0 Å². The minimum absolute atomic E-state index is 0.00939. The predicted octanol–water partition coefficient (Wildman–Crippen LogP) is 20.9. The molecule has 0 fully saturated rings. The van der Waals surface area contributed by atoms with Crippen LogP contribution in [-0.2, 0) is 18.4 Å². The number of rotatable bonds is 61. The Morgan fingerprint density at radius 1 is 0.444 bits per heavy atom. The standard InChI is InChI=1S/C72H129N2O6P/c1-6-8-10-12-14-16-18-20-22-24-26-28-30-32-34-36-37-38-40-42-44-46-48-50-52-54-56-58-60-62-64-66-72(76)73-70(69-80-81(77,78)79-68-67-74(3,4)5)71(75)65-63-61-59-57-55-53-51-49-47-45-43-41-39-35-33-31-29-27-25-23-21-19-17-15-13-11-9-7-2/h8,10,14,16,20,22,26,28,32,34,37-38,42,44,48,50,63,65,70-71,75H,6-7,9,11-13,15,17-19,21,23-25,27,29-31,33,35-36,39-41,43,45-47,49,51-62,64,66-69H2,1-5H3,(H-,73,76,77,78)/b10-8-,16-14-,22-20-,28-26-,34-32-,38-37-,44-42-,50-48-,65-63+. The number of likely N-dealkylation sites (N-methyl/N-ethyl adjacent to an activating group) is 1. The lowest BCUT2D eigenvalue weighted by atomic mass is 10.0. The molecule has 8 nitrogen and oxygen atoms in total. The summed E-state index contributed by atoms with van der Waals surface area (Å²) in [5, 5.41) is 13.9. The molecule has 0 radical (unpaired) electrons. The predicted molar refractivity (Wildman–Crippen MR) is 352 cm³/mol. The number of quaternary nitrogens is 1. The Balaban J connectivity index is 4.19. The third kappa shape index (κ3) is 64.6. The molecule has 9 heteroatoms. The van der Waals surface area contributed by atoms with E-state index < -0.39 is 26.6 Å². The van der Waals surface area contributed by atoms with E-state index in [9.17, 15) is 19.4 Å². The number of phosphoric acid groups is 1. The van der Waals surface area contributed by atoms with Crippen molar-refractivity contribution in [3.8, 4) is 0 Å². The summed E-state index contributed by atoms with van der Waals surface area (Å²) in [5.41, 5.74) is 0. The first kappa shape index (κ1) is 78.2. The first-order chi connectivity index (χ1) is 39.5. The average Bonchev–Trinajstić information content (AvgIpc) is 3.43. The molecule has 0 spiro atoms. The number of allylic oxidation sites excluding steroid dienone is 17. The highest BCUT2D eigenvalue weighted by molar-refractivity contribution is 7.45. The number of aliphatic hydroxyl groups is 1. The monoisotopic (exact) mass is 1150 g/mol. The summed E-state index contributed by atoms with van der Waals surface area (Å²) in [4.78, 5) is 25.6. The van der Waals surface area contributed by atoms with Gasteiger partial charge in [-0.2, -0.15) is 0 Å². The molecule has 2 N–H and O–H groups in total. The summed E-state index contributed by atoms with van der Waals surface area (Å²) in [6.07, 6.45) is 90.5. The number of hydrogen-bond donors (Lipinski definition) is 2. The van der Waals surface area contributed by atoms with Crippen molar-refractivity contribution >= 4 is 13.7 Å². The quantitative estimate of drug-likeness (QED) is 0.0272. The van der Waals surface area contributed by atoms with Gasteiger partial charge in [0, 0.05) is 6.42 Å². The minimum atomic E-state index is -4.62. The van der Waals surface area contributed by atoms with Crippen molar-refractivity contribution in [2.24, 2.45) is 0 Å². The van der Waals surface area contributed by atoms with Crippen molar-refractivity contribution in [3.05, 3.63) is 109 Å². The lowest BCUT2D eigenvalue weighted by Crippen LogP contribution is -2.45. The second-order valence-corrected chi connectivity index (χ2v) is 25.2. The third-order valence-corrected chi connectivity index (χ3v) is 15.7. The maximum absolute atomic E-state index is 13.0. The molecule has 0 aliphatic heterocycles. The number of nitrogens with zero attached hydrogens (tertiary/aromatic N) is 1. The molecule has 0 saturated carbocycles. The average molecular weight is 1150 g/mol. The third-order valence-electron chi connectivity index (χ3n) is 14.7. The van der Waals surface area contributed by atoms with E-state index in [1.165, 1.54) is 161 Å². The zero-order valence-electron chi connectivity index (χ0n) is 53.5. The number of hydrogen-bond acceptors (Lipinski definition) is 6. The Kier molecular flexibility index (Phi) is 59.5. The van der Waals surface area contributed by atoms with Crippen LogP contribution < -0.4 is 10.2 Å². The van der Waals surface area contributed by atoms with E-state index in [4.69, 9.17) is 9.05 Å². The smallest absolute Gasteiger partial charge is 0.268 e. The van der Waals surface area contributed by atoms with Gasteiger partial charge in [0.15, 0.2) is 0 Å². The van der Waals surface area contributed by atoms with Crippen LogP contribution in [0.3, 0.4) is 0 Å². The van der Waals surface area contributed by atoms with Gasteiger partial charge in [0.25, 0.3) is 7.82 Å². The fraction of sp³-hybridized carbons (Fsp3) is 0.736. The Morgan fingerprint density at radius 2 is 0.753 bits per heavy atom. The molecular formula is C72H129N2O6P. The molecule has 0 aliphatic rings. The van der Waals surface area contributed by atoms with E-state index >= 15 is 0 Å². The number of unbranched alkanes of at least 4 members (excludes halogenated alkanes) is 32. The number of aliphatic hydroxyl groups excluding tert-OH is 1. The van der Waals surface area contributed by atoms with Crippen LogP contribution in [0.25, 0.3) is 0 Å². The molecule has 0 aromatic carbocycles. The van der Waals surface area contributed by atoms with E-state index in [0.29, 0.717) is 17.4 Å². The molecule has 3 atom stereocenters. The highest BCUT2D eigenvalue weighted by Gasteiger charge is 2.23. The lowest BCUT2D eigenvalue weighted by molar-refractivity contribution is -0.870. The summed E-state index contributed by atoms with van der Waals surface area (Å²) in [5.74, 6) is -0.213. The molecule has 0 heterocycles. The first-order valence-electron chi connectivity index (χ1n) is 33.7. The van der Waals surface area contributed by atoms with Gasteiger partial charge in [-0.15, -0.1) is 0 Å². The number of carbonyl (C=O) groups excluding carboxylic acids is 1. The van der Waals surface area contributed by atoms with E-state index in [1.54, 1.807) is 6.08 Å². The van der Waals surface area contributed by atoms with Crippen molar-refractivity contribution in [1.29, 1.82) is 0 Å². The van der Waals surface area contributed by atoms with Crippen LogP contribution in [0.15, 0.2) is 109 Å². The Morgan fingerprint density at radius 3 is 1.10 bits per heavy atom. The fourth-order valence-corrected chi connectivity index (χ4v) is 10.2. The van der Waals surface area contributed by atoms with Crippen molar-refractivity contribution in [2.75, 3.05) is 40.9 Å². The van der Waals surface area contributed by atoms with Crippen LogP contribution >= 0.6 is 7.82 Å².